The maximum absolute atomic E-state index is 12.7. The van der Waals surface area contributed by atoms with Crippen molar-refractivity contribution >= 4 is 35.1 Å². The molecule has 1 amide bonds. The lowest BCUT2D eigenvalue weighted by atomic mass is 10.0. The summed E-state index contributed by atoms with van der Waals surface area (Å²) in [6.45, 7) is 2.52. The zero-order valence-corrected chi connectivity index (χ0v) is 21.0. The van der Waals surface area contributed by atoms with Crippen LogP contribution in [0.1, 0.15) is 44.3 Å². The summed E-state index contributed by atoms with van der Waals surface area (Å²) in [5.41, 5.74) is 3.57. The highest BCUT2D eigenvalue weighted by Crippen LogP contribution is 2.29. The van der Waals surface area contributed by atoms with Crippen LogP contribution in [0.3, 0.4) is 0 Å². The Hall–Kier alpha value is -2.93. The molecule has 0 spiro atoms. The number of carbonyl (C=O) groups is 2. The van der Waals surface area contributed by atoms with Crippen molar-refractivity contribution in [3.8, 4) is 22.5 Å². The minimum absolute atomic E-state index is 0.0581. The molecule has 0 aliphatic heterocycles. The number of halogens is 2. The first-order valence-corrected chi connectivity index (χ1v) is 12.2. The molecule has 0 aliphatic carbocycles. The van der Waals surface area contributed by atoms with Crippen LogP contribution in [-0.2, 0) is 9.59 Å². The Labute approximate surface area is 215 Å². The number of rotatable bonds is 11. The highest BCUT2D eigenvalue weighted by molar-refractivity contribution is 6.30. The molecule has 1 unspecified atom stereocenters. The number of aromatic nitrogens is 1. The number of hydrogen-bond donors (Lipinski definition) is 2. The first kappa shape index (κ1) is 26.7. The van der Waals surface area contributed by atoms with Crippen LogP contribution in [0.15, 0.2) is 60.7 Å². The van der Waals surface area contributed by atoms with Gasteiger partial charge in [0, 0.05) is 34.1 Å². The zero-order chi connectivity index (χ0) is 25.4. The quantitative estimate of drug-likeness (QED) is 0.315. The first-order chi connectivity index (χ1) is 16.8. The van der Waals surface area contributed by atoms with Crippen LogP contribution in [0.25, 0.3) is 22.5 Å². The van der Waals surface area contributed by atoms with Gasteiger partial charge >= 0.3 is 5.97 Å². The lowest BCUT2D eigenvalue weighted by Gasteiger charge is -2.26. The normalized spacial score (nSPS) is 11.8. The number of benzene rings is 2. The van der Waals surface area contributed by atoms with Gasteiger partial charge in [-0.15, -0.1) is 0 Å². The first-order valence-electron chi connectivity index (χ1n) is 11.5. The molecule has 0 saturated carbocycles. The van der Waals surface area contributed by atoms with Gasteiger partial charge in [-0.1, -0.05) is 60.8 Å². The van der Waals surface area contributed by atoms with E-state index in [9.17, 15) is 14.7 Å². The molecule has 184 valence electrons. The van der Waals surface area contributed by atoms with Crippen molar-refractivity contribution in [2.24, 2.45) is 0 Å². The second-order valence-corrected chi connectivity index (χ2v) is 9.16. The minimum atomic E-state index is -1.02. The number of nitrogens with zero attached hydrogens (tertiary/aromatic N) is 2. The summed E-state index contributed by atoms with van der Waals surface area (Å²) in [6.07, 6.45) is 0.298. The van der Waals surface area contributed by atoms with Crippen molar-refractivity contribution in [3.05, 3.63) is 76.3 Å². The molecule has 0 aliphatic rings. The van der Waals surface area contributed by atoms with Crippen molar-refractivity contribution in [1.29, 1.82) is 0 Å². The summed E-state index contributed by atoms with van der Waals surface area (Å²) in [5.74, 6) is -1.31. The Kier molecular flexibility index (Phi) is 9.66. The molecule has 1 heterocycles. The van der Waals surface area contributed by atoms with Gasteiger partial charge in [0.05, 0.1) is 30.5 Å². The standard InChI is InChI=1S/C27H28Cl2N2O4/c1-2-3-14-31(26(33)12-13-27(34)35)17-25(32)20-15-23(18-4-8-21(28)9-5-18)30-24(16-20)19-6-10-22(29)11-7-19/h4-11,15-16,25,32H,2-3,12-14,17H2,1H3,(H,34,35). The average Bonchev–Trinajstić information content (AvgIpc) is 2.85. The molecule has 1 aromatic heterocycles. The Balaban J connectivity index is 1.95. The van der Waals surface area contributed by atoms with Crippen molar-refractivity contribution in [2.75, 3.05) is 13.1 Å². The second-order valence-electron chi connectivity index (χ2n) is 8.29. The molecule has 0 bridgehead atoms. The fraction of sp³-hybridized carbons (Fsp3) is 0.296. The molecule has 2 aromatic carbocycles. The molecule has 35 heavy (non-hydrogen) atoms. The maximum atomic E-state index is 12.7. The highest BCUT2D eigenvalue weighted by Gasteiger charge is 2.21. The second kappa shape index (κ2) is 12.7. The van der Waals surface area contributed by atoms with Gasteiger partial charge in [-0.2, -0.15) is 0 Å². The van der Waals surface area contributed by atoms with Gasteiger partial charge in [0.15, 0.2) is 0 Å². The summed E-state index contributed by atoms with van der Waals surface area (Å²) >= 11 is 12.1. The van der Waals surface area contributed by atoms with Crippen molar-refractivity contribution in [1.82, 2.24) is 9.88 Å². The smallest absolute Gasteiger partial charge is 0.303 e. The molecule has 3 rings (SSSR count). The van der Waals surface area contributed by atoms with E-state index in [0.29, 0.717) is 33.5 Å². The van der Waals surface area contributed by atoms with Gasteiger partial charge in [0.25, 0.3) is 0 Å². The average molecular weight is 515 g/mol. The van der Waals surface area contributed by atoms with Gasteiger partial charge in [-0.05, 0) is 48.4 Å². The Morgan fingerprint density at radius 2 is 1.43 bits per heavy atom. The summed E-state index contributed by atoms with van der Waals surface area (Å²) < 4.78 is 0. The van der Waals surface area contributed by atoms with Crippen LogP contribution in [0.5, 0.6) is 0 Å². The molecule has 0 radical (unpaired) electrons. The number of pyridine rings is 1. The molecule has 1 atom stereocenters. The Morgan fingerprint density at radius 3 is 1.89 bits per heavy atom. The SMILES string of the molecule is CCCCN(CC(O)c1cc(-c2ccc(Cl)cc2)nc(-c2ccc(Cl)cc2)c1)C(=O)CCC(=O)O. The molecule has 3 aromatic rings. The molecular formula is C27H28Cl2N2O4. The molecule has 0 fully saturated rings. The Morgan fingerprint density at radius 1 is 0.914 bits per heavy atom. The van der Waals surface area contributed by atoms with E-state index in [2.05, 4.69) is 0 Å². The molecular weight excluding hydrogens is 487 g/mol. The van der Waals surface area contributed by atoms with Crippen LogP contribution in [-0.4, -0.2) is 45.1 Å². The van der Waals surface area contributed by atoms with Crippen LogP contribution < -0.4 is 0 Å². The summed E-state index contributed by atoms with van der Waals surface area (Å²) in [5, 5.41) is 21.3. The fourth-order valence-corrected chi connectivity index (χ4v) is 3.89. The van der Waals surface area contributed by atoms with E-state index in [0.717, 1.165) is 24.0 Å². The van der Waals surface area contributed by atoms with Crippen molar-refractivity contribution in [2.45, 2.75) is 38.7 Å². The number of aliphatic hydroxyl groups is 1. The van der Waals surface area contributed by atoms with Gasteiger partial charge in [-0.3, -0.25) is 9.59 Å². The van der Waals surface area contributed by atoms with Crippen LogP contribution in [0, 0.1) is 0 Å². The largest absolute Gasteiger partial charge is 0.481 e. The van der Waals surface area contributed by atoms with E-state index in [4.69, 9.17) is 33.3 Å². The summed E-state index contributed by atoms with van der Waals surface area (Å²) in [6, 6.07) is 18.1. The van der Waals surface area contributed by atoms with E-state index in [1.807, 2.05) is 31.2 Å². The number of aliphatic hydroxyl groups excluding tert-OH is 1. The number of hydrogen-bond acceptors (Lipinski definition) is 4. The van der Waals surface area contributed by atoms with Crippen LogP contribution >= 0.6 is 23.2 Å². The highest BCUT2D eigenvalue weighted by atomic mass is 35.5. The van der Waals surface area contributed by atoms with Crippen LogP contribution in [0.4, 0.5) is 0 Å². The number of amides is 1. The topological polar surface area (TPSA) is 90.7 Å². The van der Waals surface area contributed by atoms with Crippen molar-refractivity contribution < 1.29 is 19.8 Å². The van der Waals surface area contributed by atoms with E-state index in [1.54, 1.807) is 41.3 Å². The monoisotopic (exact) mass is 514 g/mol. The van der Waals surface area contributed by atoms with Gasteiger partial charge < -0.3 is 15.1 Å². The van der Waals surface area contributed by atoms with E-state index < -0.39 is 12.1 Å². The zero-order valence-electron chi connectivity index (χ0n) is 19.5. The predicted octanol–water partition coefficient (Wildman–Crippen LogP) is 6.25. The fourth-order valence-electron chi connectivity index (χ4n) is 3.63. The Bertz CT molecular complexity index is 1090. The molecule has 2 N–H and O–H groups in total. The van der Waals surface area contributed by atoms with E-state index in [1.165, 1.54) is 0 Å². The van der Waals surface area contributed by atoms with Gasteiger partial charge in [0.1, 0.15) is 0 Å². The third-order valence-corrected chi connectivity index (χ3v) is 6.10. The predicted molar refractivity (Wildman–Crippen MR) is 138 cm³/mol. The number of unbranched alkanes of at least 4 members (excludes halogenated alkanes) is 1. The number of aliphatic carboxylic acids is 1. The molecule has 0 saturated heterocycles. The van der Waals surface area contributed by atoms with E-state index in [-0.39, 0.29) is 25.3 Å². The number of carbonyl (C=O) groups excluding carboxylic acids is 1. The van der Waals surface area contributed by atoms with E-state index >= 15 is 0 Å². The molecule has 6 nitrogen and oxygen atoms in total. The minimum Gasteiger partial charge on any atom is -0.481 e. The van der Waals surface area contributed by atoms with Gasteiger partial charge in [0.2, 0.25) is 5.91 Å². The summed E-state index contributed by atoms with van der Waals surface area (Å²) in [7, 11) is 0. The van der Waals surface area contributed by atoms with Crippen LogP contribution in [0.2, 0.25) is 10.0 Å². The number of carboxylic acids is 1. The lowest BCUT2D eigenvalue weighted by Crippen LogP contribution is -2.35. The van der Waals surface area contributed by atoms with Gasteiger partial charge in [-0.25, -0.2) is 4.98 Å². The third kappa shape index (κ3) is 7.79. The lowest BCUT2D eigenvalue weighted by molar-refractivity contribution is -0.141. The maximum Gasteiger partial charge on any atom is 0.303 e. The third-order valence-electron chi connectivity index (χ3n) is 5.59. The summed E-state index contributed by atoms with van der Waals surface area (Å²) in [4.78, 5) is 29.9. The van der Waals surface area contributed by atoms with Crippen molar-refractivity contribution in [3.63, 3.8) is 0 Å². The number of carboxylic acid groups (broad SMARTS) is 1. The molecule has 8 heteroatoms.